The van der Waals surface area contributed by atoms with E-state index >= 15 is 0 Å². The molecule has 0 aromatic heterocycles. The summed E-state index contributed by atoms with van der Waals surface area (Å²) in [5.41, 5.74) is 0.959. The molecule has 0 aromatic rings. The predicted octanol–water partition coefficient (Wildman–Crippen LogP) is 2.59. The molecule has 0 atom stereocenters. The molecule has 0 spiro atoms. The van der Waals surface area contributed by atoms with Gasteiger partial charge in [-0.05, 0) is 12.5 Å². The molecule has 10 heavy (non-hydrogen) atoms. The van der Waals surface area contributed by atoms with Gasteiger partial charge in [-0.3, -0.25) is 0 Å². The van der Waals surface area contributed by atoms with E-state index in [-0.39, 0.29) is 0 Å². The van der Waals surface area contributed by atoms with Crippen LogP contribution in [0.1, 0.15) is 13.3 Å². The van der Waals surface area contributed by atoms with Gasteiger partial charge in [-0.25, -0.2) is 0 Å². The topological polar surface area (TPSA) is 23.8 Å². The molecule has 0 aliphatic carbocycles. The second kappa shape index (κ2) is 5.84. The summed E-state index contributed by atoms with van der Waals surface area (Å²) >= 11 is 0. The summed E-state index contributed by atoms with van der Waals surface area (Å²) in [6, 6.07) is 2.05. The number of hydrogen-bond donors (Lipinski definition) is 0. The minimum absolute atomic E-state index is 0.438. The molecule has 0 unspecified atom stereocenters. The molecule has 0 amide bonds. The van der Waals surface area contributed by atoms with Crippen LogP contribution in [0.2, 0.25) is 0 Å². The molecular formula is C9H11N. The molecule has 0 saturated heterocycles. The minimum Gasteiger partial charge on any atom is -0.198 e. The highest BCUT2D eigenvalue weighted by molar-refractivity contribution is 5.24. The van der Waals surface area contributed by atoms with E-state index in [1.165, 1.54) is 0 Å². The Morgan fingerprint density at radius 1 is 1.70 bits per heavy atom. The molecule has 0 rings (SSSR count). The van der Waals surface area contributed by atoms with Crippen LogP contribution in [-0.4, -0.2) is 0 Å². The minimum atomic E-state index is 0.438. The average Bonchev–Trinajstić information content (AvgIpc) is 1.98. The molecule has 0 aromatic carbocycles. The van der Waals surface area contributed by atoms with Gasteiger partial charge in [0.1, 0.15) is 0 Å². The van der Waals surface area contributed by atoms with Crippen molar-refractivity contribution in [3.8, 4) is 6.07 Å². The van der Waals surface area contributed by atoms with Crippen LogP contribution in [0.4, 0.5) is 0 Å². The standard InChI is InChI=1S/C9H11N/c1-3-5-6-9(4-2)7-8-10/h3-6H,2,7H2,1H3/b5-3-,9-6+. The quantitative estimate of drug-likeness (QED) is 0.543. The van der Waals surface area contributed by atoms with Crippen molar-refractivity contribution in [1.29, 1.82) is 5.26 Å². The van der Waals surface area contributed by atoms with Crippen molar-refractivity contribution < 1.29 is 0 Å². The lowest BCUT2D eigenvalue weighted by atomic mass is 10.2. The van der Waals surface area contributed by atoms with Gasteiger partial charge in [-0.2, -0.15) is 5.26 Å². The van der Waals surface area contributed by atoms with Crippen LogP contribution in [0.5, 0.6) is 0 Å². The van der Waals surface area contributed by atoms with Gasteiger partial charge in [-0.15, -0.1) is 0 Å². The van der Waals surface area contributed by atoms with Gasteiger partial charge in [0.05, 0.1) is 12.5 Å². The Labute approximate surface area is 62.0 Å². The summed E-state index contributed by atoms with van der Waals surface area (Å²) in [5.74, 6) is 0. The largest absolute Gasteiger partial charge is 0.198 e. The van der Waals surface area contributed by atoms with E-state index in [0.717, 1.165) is 5.57 Å². The van der Waals surface area contributed by atoms with E-state index in [2.05, 4.69) is 12.6 Å². The first kappa shape index (κ1) is 8.71. The molecule has 1 nitrogen and oxygen atoms in total. The van der Waals surface area contributed by atoms with Crippen LogP contribution < -0.4 is 0 Å². The Morgan fingerprint density at radius 3 is 2.80 bits per heavy atom. The van der Waals surface area contributed by atoms with Crippen LogP contribution >= 0.6 is 0 Å². The van der Waals surface area contributed by atoms with Crippen LogP contribution in [0, 0.1) is 11.3 Å². The van der Waals surface area contributed by atoms with Crippen molar-refractivity contribution in [3.05, 3.63) is 36.5 Å². The molecule has 0 aliphatic rings. The summed E-state index contributed by atoms with van der Waals surface area (Å²) in [5, 5.41) is 8.30. The highest BCUT2D eigenvalue weighted by atomic mass is 14.2. The fraction of sp³-hybridized carbons (Fsp3) is 0.222. The highest BCUT2D eigenvalue weighted by Gasteiger charge is 1.84. The van der Waals surface area contributed by atoms with E-state index < -0.39 is 0 Å². The Kier molecular flexibility index (Phi) is 5.09. The van der Waals surface area contributed by atoms with E-state index in [0.29, 0.717) is 6.42 Å². The van der Waals surface area contributed by atoms with E-state index in [1.54, 1.807) is 6.08 Å². The number of nitrogens with zero attached hydrogens (tertiary/aromatic N) is 1. The lowest BCUT2D eigenvalue weighted by Gasteiger charge is -1.87. The number of rotatable bonds is 3. The third kappa shape index (κ3) is 3.68. The van der Waals surface area contributed by atoms with Gasteiger partial charge < -0.3 is 0 Å². The van der Waals surface area contributed by atoms with Crippen LogP contribution in [0.25, 0.3) is 0 Å². The van der Waals surface area contributed by atoms with E-state index in [1.807, 2.05) is 25.2 Å². The van der Waals surface area contributed by atoms with Crippen molar-refractivity contribution in [3.63, 3.8) is 0 Å². The molecule has 0 radical (unpaired) electrons. The first-order valence-corrected chi connectivity index (χ1v) is 3.16. The zero-order valence-corrected chi connectivity index (χ0v) is 6.17. The summed E-state index contributed by atoms with van der Waals surface area (Å²) in [6.07, 6.45) is 7.84. The van der Waals surface area contributed by atoms with Gasteiger partial charge in [-0.1, -0.05) is 30.9 Å². The number of nitriles is 1. The molecular weight excluding hydrogens is 122 g/mol. The molecule has 0 aliphatic heterocycles. The Morgan fingerprint density at radius 2 is 2.40 bits per heavy atom. The average molecular weight is 133 g/mol. The van der Waals surface area contributed by atoms with Crippen molar-refractivity contribution in [1.82, 2.24) is 0 Å². The number of hydrogen-bond acceptors (Lipinski definition) is 1. The molecule has 0 fully saturated rings. The Bertz CT molecular complexity index is 191. The summed E-state index contributed by atoms with van der Waals surface area (Å²) < 4.78 is 0. The third-order valence-electron chi connectivity index (χ3n) is 1.05. The molecule has 0 N–H and O–H groups in total. The first-order valence-electron chi connectivity index (χ1n) is 3.16. The van der Waals surface area contributed by atoms with Crippen LogP contribution in [0.15, 0.2) is 36.5 Å². The van der Waals surface area contributed by atoms with Gasteiger partial charge in [0.25, 0.3) is 0 Å². The Balaban J connectivity index is 4.06. The lowest BCUT2D eigenvalue weighted by molar-refractivity contribution is 1.28. The molecule has 0 heterocycles. The fourth-order valence-electron chi connectivity index (χ4n) is 0.510. The van der Waals surface area contributed by atoms with Crippen molar-refractivity contribution in [2.75, 3.05) is 0 Å². The molecule has 52 valence electrons. The summed E-state index contributed by atoms with van der Waals surface area (Å²) in [4.78, 5) is 0. The maximum Gasteiger partial charge on any atom is 0.0669 e. The van der Waals surface area contributed by atoms with Crippen molar-refractivity contribution in [2.45, 2.75) is 13.3 Å². The van der Waals surface area contributed by atoms with Crippen molar-refractivity contribution in [2.24, 2.45) is 0 Å². The highest BCUT2D eigenvalue weighted by Crippen LogP contribution is 2.00. The van der Waals surface area contributed by atoms with Crippen LogP contribution in [-0.2, 0) is 0 Å². The van der Waals surface area contributed by atoms with Gasteiger partial charge in [0.15, 0.2) is 0 Å². The van der Waals surface area contributed by atoms with E-state index in [4.69, 9.17) is 5.26 Å². The van der Waals surface area contributed by atoms with Crippen LogP contribution in [0.3, 0.4) is 0 Å². The van der Waals surface area contributed by atoms with Gasteiger partial charge >= 0.3 is 0 Å². The van der Waals surface area contributed by atoms with Gasteiger partial charge in [0, 0.05) is 0 Å². The van der Waals surface area contributed by atoms with E-state index in [9.17, 15) is 0 Å². The van der Waals surface area contributed by atoms with Gasteiger partial charge in [0.2, 0.25) is 0 Å². The predicted molar refractivity (Wildman–Crippen MR) is 43.3 cm³/mol. The van der Waals surface area contributed by atoms with Crippen molar-refractivity contribution >= 4 is 0 Å². The lowest BCUT2D eigenvalue weighted by Crippen LogP contribution is -1.71. The normalized spacial score (nSPS) is 11.4. The maximum atomic E-state index is 8.30. The summed E-state index contributed by atoms with van der Waals surface area (Å²) in [7, 11) is 0. The first-order chi connectivity index (χ1) is 4.85. The smallest absolute Gasteiger partial charge is 0.0669 e. The Hall–Kier alpha value is -1.29. The zero-order chi connectivity index (χ0) is 7.82. The zero-order valence-electron chi connectivity index (χ0n) is 6.17. The third-order valence-corrected chi connectivity index (χ3v) is 1.05. The maximum absolute atomic E-state index is 8.30. The second-order valence-corrected chi connectivity index (χ2v) is 1.81. The molecule has 1 heteroatoms. The number of allylic oxidation sites excluding steroid dienone is 5. The SMILES string of the molecule is C=C/C(=C\C=C/C)CC#N. The monoisotopic (exact) mass is 133 g/mol. The summed E-state index contributed by atoms with van der Waals surface area (Å²) in [6.45, 7) is 5.51. The molecule has 0 saturated carbocycles. The molecule has 0 bridgehead atoms. The second-order valence-electron chi connectivity index (χ2n) is 1.81. The fourth-order valence-corrected chi connectivity index (χ4v) is 0.510.